The highest BCUT2D eigenvalue weighted by atomic mass is 16.3. The molecule has 9 heteroatoms. The van der Waals surface area contributed by atoms with E-state index in [1.165, 1.54) is 0 Å². The number of aromatic amines is 1. The van der Waals surface area contributed by atoms with Crippen LogP contribution < -0.4 is 10.9 Å². The topological polar surface area (TPSA) is 116 Å². The molecule has 9 nitrogen and oxygen atoms in total. The van der Waals surface area contributed by atoms with Crippen LogP contribution in [-0.4, -0.2) is 62.0 Å². The van der Waals surface area contributed by atoms with Crippen molar-refractivity contribution in [1.82, 2.24) is 30.2 Å². The average Bonchev–Trinajstić information content (AvgIpc) is 3.29. The third-order valence-corrected chi connectivity index (χ3v) is 3.36. The fourth-order valence-corrected chi connectivity index (χ4v) is 2.24. The van der Waals surface area contributed by atoms with E-state index < -0.39 is 98.4 Å². The number of amides is 1. The summed E-state index contributed by atoms with van der Waals surface area (Å²) in [7, 11) is 0. The molecule has 2 aromatic rings. The molecule has 0 radical (unpaired) electrons. The summed E-state index contributed by atoms with van der Waals surface area (Å²) in [5.41, 5.74) is -3.86. The number of nitrogens with one attached hydrogen (secondary N) is 2. The van der Waals surface area contributed by atoms with Crippen molar-refractivity contribution in [1.29, 1.82) is 0 Å². The molecule has 2 atom stereocenters. The highest BCUT2D eigenvalue weighted by Gasteiger charge is 2.25. The molecule has 2 unspecified atom stereocenters. The molecule has 1 fully saturated rings. The maximum Gasteiger partial charge on any atom is 0.269 e. The largest absolute Gasteiger partial charge is 0.505 e. The van der Waals surface area contributed by atoms with E-state index in [9.17, 15) is 14.7 Å². The number of carbonyl (C=O) groups is 1. The number of pyridine rings is 1. The van der Waals surface area contributed by atoms with E-state index >= 15 is 0 Å². The molecule has 0 bridgehead atoms. The third kappa shape index (κ3) is 3.57. The Labute approximate surface area is 173 Å². The fraction of sp³-hybridized carbons (Fsp3) is 0.647. The van der Waals surface area contributed by atoms with Crippen molar-refractivity contribution in [2.45, 2.75) is 45.3 Å². The van der Waals surface area contributed by atoms with Crippen LogP contribution in [0, 0.1) is 0 Å². The minimum absolute atomic E-state index is 0.0253. The SMILES string of the molecule is [2H]C(CCN([2H])C(=O)c1c(O)c2nn[nH]c2n(C([2H])(C)C([2H])([2H])[2H])c1=O)N1C([2H])([2H])C([2H])([2H])C([2H])([2H])C([2H])([2H])C1([2H])[2H]. The Bertz CT molecular complexity index is 1420. The molecule has 0 spiro atoms. The minimum atomic E-state index is -3.71. The zero-order chi connectivity index (χ0) is 32.8. The standard InChI is InChI=1S/C17H26N6O3/c1-11(2)23-15-13(19-21-20-15)14(24)12(17(23)26)16(25)18-7-6-10-22-8-4-3-5-9-22/h11,24H,3-10H2,1-2H3,(H,18,25)(H,19,20,21)/i1D3,3D2,4D2,5D2,8D2,9D2,10D,11D/hD. The summed E-state index contributed by atoms with van der Waals surface area (Å²) in [6.45, 7) is -12.7. The Hall–Kier alpha value is -2.42. The summed E-state index contributed by atoms with van der Waals surface area (Å²) in [6.07, 6.45) is -12.0. The lowest BCUT2D eigenvalue weighted by molar-refractivity contribution is 0.0946. The first-order valence-electron chi connectivity index (χ1n) is 15.4. The summed E-state index contributed by atoms with van der Waals surface area (Å²) in [4.78, 5) is 26.2. The predicted molar refractivity (Wildman–Crippen MR) is 97.4 cm³/mol. The lowest BCUT2D eigenvalue weighted by atomic mass is 10.1. The highest BCUT2D eigenvalue weighted by molar-refractivity contribution is 6.00. The number of nitrogens with zero attached hydrogens (tertiary/aromatic N) is 4. The predicted octanol–water partition coefficient (Wildman–Crippen LogP) is 1.01. The van der Waals surface area contributed by atoms with E-state index in [2.05, 4.69) is 15.4 Å². The maximum absolute atomic E-state index is 13.3. The normalized spacial score (nSPS) is 38.3. The summed E-state index contributed by atoms with van der Waals surface area (Å²) >= 11 is 0. The average molecular weight is 379 g/mol. The van der Waals surface area contributed by atoms with E-state index in [-0.39, 0.29) is 10.2 Å². The van der Waals surface area contributed by atoms with Gasteiger partial charge in [0.15, 0.2) is 18.3 Å². The van der Waals surface area contributed by atoms with E-state index in [4.69, 9.17) is 22.0 Å². The summed E-state index contributed by atoms with van der Waals surface area (Å²) in [5, 5.41) is 19.6. The summed E-state index contributed by atoms with van der Waals surface area (Å²) in [5.74, 6) is -2.73. The molecule has 3 rings (SSSR count). The molecule has 142 valence electrons. The first kappa shape index (κ1) is 6.95. The molecule has 26 heavy (non-hydrogen) atoms. The molecule has 0 saturated carbocycles. The van der Waals surface area contributed by atoms with Crippen LogP contribution in [0.1, 0.15) is 76.3 Å². The maximum atomic E-state index is 13.3. The van der Waals surface area contributed by atoms with E-state index in [1.807, 2.05) is 0 Å². The first-order chi connectivity index (χ1) is 18.6. The molecule has 0 aliphatic carbocycles. The number of likely N-dealkylation sites (tertiary alicyclic amines) is 1. The number of piperidine rings is 1. The molecule has 1 aliphatic heterocycles. The number of H-pyrrole nitrogens is 1. The van der Waals surface area contributed by atoms with Crippen molar-refractivity contribution >= 4 is 17.1 Å². The van der Waals surface area contributed by atoms with Crippen LogP contribution in [0.5, 0.6) is 5.75 Å². The van der Waals surface area contributed by atoms with Gasteiger partial charge in [0.25, 0.3) is 11.5 Å². The second-order valence-corrected chi connectivity index (χ2v) is 5.09. The Morgan fingerprint density at radius 1 is 1.58 bits per heavy atom. The van der Waals surface area contributed by atoms with Crippen LogP contribution in [0.25, 0.3) is 11.2 Å². The third-order valence-electron chi connectivity index (χ3n) is 3.36. The Kier molecular flexibility index (Phi) is 2.10. The Balaban J connectivity index is 2.00. The Morgan fingerprint density at radius 2 is 2.35 bits per heavy atom. The van der Waals surface area contributed by atoms with Gasteiger partial charge in [0.2, 0.25) is 0 Å². The van der Waals surface area contributed by atoms with E-state index in [1.54, 1.807) is 0 Å². The van der Waals surface area contributed by atoms with Crippen molar-refractivity contribution in [3.8, 4) is 5.75 Å². The van der Waals surface area contributed by atoms with Crippen molar-refractivity contribution in [3.63, 3.8) is 0 Å². The first-order valence-corrected chi connectivity index (χ1v) is 7.35. The van der Waals surface area contributed by atoms with Gasteiger partial charge in [-0.15, -0.1) is 5.10 Å². The van der Waals surface area contributed by atoms with Gasteiger partial charge in [-0.3, -0.25) is 14.2 Å². The van der Waals surface area contributed by atoms with Crippen LogP contribution in [-0.2, 0) is 0 Å². The fourth-order valence-electron chi connectivity index (χ4n) is 2.24. The van der Waals surface area contributed by atoms with Gasteiger partial charge >= 0.3 is 0 Å². The molecule has 2 aromatic heterocycles. The van der Waals surface area contributed by atoms with Gasteiger partial charge in [-0.05, 0) is 52.5 Å². The van der Waals surface area contributed by atoms with Crippen LogP contribution in [0.15, 0.2) is 4.79 Å². The number of hydrogen-bond donors (Lipinski definition) is 3. The van der Waals surface area contributed by atoms with E-state index in [0.717, 1.165) is 6.92 Å². The molecule has 0 aromatic carbocycles. The van der Waals surface area contributed by atoms with Crippen molar-refractivity contribution in [2.24, 2.45) is 0 Å². The van der Waals surface area contributed by atoms with Gasteiger partial charge < -0.3 is 15.3 Å². The van der Waals surface area contributed by atoms with Gasteiger partial charge in [0.1, 0.15) is 5.56 Å². The van der Waals surface area contributed by atoms with Crippen molar-refractivity contribution in [3.05, 3.63) is 15.9 Å². The van der Waals surface area contributed by atoms with Gasteiger partial charge in [-0.1, -0.05) is 11.6 Å². The monoisotopic (exact) mass is 378 g/mol. The molecule has 1 saturated heterocycles. The van der Waals surface area contributed by atoms with Crippen molar-refractivity contribution < 1.29 is 31.9 Å². The number of hydrogen-bond acceptors (Lipinski definition) is 6. The van der Waals surface area contributed by atoms with Gasteiger partial charge in [0, 0.05) is 31.8 Å². The molecule has 1 aliphatic rings. The zero-order valence-electron chi connectivity index (χ0n) is 29.5. The molecular weight excluding hydrogens is 336 g/mol. The minimum Gasteiger partial charge on any atom is -0.505 e. The number of fused-ring (bicyclic) bond motifs is 1. The number of rotatable bonds is 6. The highest BCUT2D eigenvalue weighted by Crippen LogP contribution is 2.24. The van der Waals surface area contributed by atoms with Gasteiger partial charge in [-0.25, -0.2) is 5.10 Å². The number of aromatic nitrogens is 4. The second kappa shape index (κ2) is 7.86. The zero-order valence-corrected chi connectivity index (χ0v) is 13.5. The summed E-state index contributed by atoms with van der Waals surface area (Å²) < 4.78 is 128. The van der Waals surface area contributed by atoms with Gasteiger partial charge in [-0.2, -0.15) is 0 Å². The van der Waals surface area contributed by atoms with Crippen LogP contribution in [0.4, 0.5) is 0 Å². The lowest BCUT2D eigenvalue weighted by Gasteiger charge is -2.26. The smallest absolute Gasteiger partial charge is 0.269 e. The molecule has 3 N–H and O–H groups in total. The van der Waals surface area contributed by atoms with Gasteiger partial charge in [0.05, 0.1) is 1.37 Å². The second-order valence-electron chi connectivity index (χ2n) is 5.09. The van der Waals surface area contributed by atoms with Crippen molar-refractivity contribution in [2.75, 3.05) is 26.1 Å². The quantitative estimate of drug-likeness (QED) is 0.691. The van der Waals surface area contributed by atoms with E-state index in [0.29, 0.717) is 4.57 Å². The molecule has 3 heterocycles. The molecule has 1 amide bonds. The van der Waals surface area contributed by atoms with Crippen LogP contribution in [0.2, 0.25) is 1.41 Å². The van der Waals surface area contributed by atoms with Crippen LogP contribution >= 0.6 is 0 Å². The Morgan fingerprint density at radius 3 is 3.08 bits per heavy atom. The lowest BCUT2D eigenvalue weighted by Crippen LogP contribution is -2.36. The van der Waals surface area contributed by atoms with Crippen LogP contribution in [0.3, 0.4) is 0 Å². The molecular formula is C17H26N6O3. The number of aromatic hydroxyl groups is 1. The summed E-state index contributed by atoms with van der Waals surface area (Å²) in [6, 6.07) is -2.74. The number of carbonyl (C=O) groups excluding carboxylic acids is 1.